The molecule has 0 spiro atoms. The third-order valence-electron chi connectivity index (χ3n) is 2.40. The van der Waals surface area contributed by atoms with E-state index in [1.165, 1.54) is 0 Å². The number of hydrogen-bond donors (Lipinski definition) is 4. The molecule has 18 heavy (non-hydrogen) atoms. The lowest BCUT2D eigenvalue weighted by molar-refractivity contribution is -0.135. The van der Waals surface area contributed by atoms with Gasteiger partial charge < -0.3 is 30.0 Å². The zero-order chi connectivity index (χ0) is 13.5. The van der Waals surface area contributed by atoms with Gasteiger partial charge in [-0.3, -0.25) is 0 Å². The maximum Gasteiger partial charge on any atom is 0.151 e. The van der Waals surface area contributed by atoms with Crippen LogP contribution in [0.15, 0.2) is 30.3 Å². The van der Waals surface area contributed by atoms with E-state index in [9.17, 15) is 20.1 Å². The van der Waals surface area contributed by atoms with E-state index in [0.29, 0.717) is 5.75 Å². The van der Waals surface area contributed by atoms with Gasteiger partial charge in [-0.1, -0.05) is 18.2 Å². The molecule has 0 saturated heterocycles. The number of ether oxygens (including phenoxy) is 1. The number of carbonyl (C=O) groups is 1. The number of benzene rings is 1. The maximum absolute atomic E-state index is 10.2. The van der Waals surface area contributed by atoms with Crippen LogP contribution in [0, 0.1) is 0 Å². The molecule has 0 aromatic heterocycles. The minimum absolute atomic E-state index is 0.0820. The number of aldehydes is 1. The van der Waals surface area contributed by atoms with E-state index in [0.717, 1.165) is 0 Å². The van der Waals surface area contributed by atoms with Crippen LogP contribution in [0.3, 0.4) is 0 Å². The number of aliphatic hydroxyl groups is 4. The van der Waals surface area contributed by atoms with Gasteiger partial charge in [0.15, 0.2) is 6.29 Å². The second-order valence-electron chi connectivity index (χ2n) is 3.80. The number of aliphatic hydroxyl groups excluding tert-OH is 4. The summed E-state index contributed by atoms with van der Waals surface area (Å²) in [5, 5.41) is 37.3. The third-order valence-corrected chi connectivity index (χ3v) is 2.40. The molecule has 0 fully saturated rings. The van der Waals surface area contributed by atoms with E-state index < -0.39 is 24.4 Å². The van der Waals surface area contributed by atoms with E-state index in [1.54, 1.807) is 30.3 Å². The molecule has 0 heterocycles. The van der Waals surface area contributed by atoms with Crippen molar-refractivity contribution < 1.29 is 30.0 Å². The zero-order valence-electron chi connectivity index (χ0n) is 9.59. The summed E-state index contributed by atoms with van der Waals surface area (Å²) in [7, 11) is 0. The van der Waals surface area contributed by atoms with Crippen LogP contribution in [0.2, 0.25) is 0 Å². The molecule has 100 valence electrons. The van der Waals surface area contributed by atoms with Crippen molar-refractivity contribution in [3.8, 4) is 5.75 Å². The van der Waals surface area contributed by atoms with Crippen LogP contribution in [0.4, 0.5) is 0 Å². The van der Waals surface area contributed by atoms with E-state index >= 15 is 0 Å². The molecule has 4 atom stereocenters. The Hall–Kier alpha value is -1.47. The Morgan fingerprint density at radius 1 is 1.06 bits per heavy atom. The molecule has 0 bridgehead atoms. The van der Waals surface area contributed by atoms with Crippen molar-refractivity contribution in [1.29, 1.82) is 0 Å². The predicted molar refractivity (Wildman–Crippen MR) is 62.0 cm³/mol. The Balaban J connectivity index is 2.45. The lowest BCUT2D eigenvalue weighted by atomic mass is 10.0. The highest BCUT2D eigenvalue weighted by atomic mass is 16.5. The summed E-state index contributed by atoms with van der Waals surface area (Å²) in [6.07, 6.45) is -6.51. The van der Waals surface area contributed by atoms with Crippen molar-refractivity contribution in [1.82, 2.24) is 0 Å². The zero-order valence-corrected chi connectivity index (χ0v) is 9.59. The second-order valence-corrected chi connectivity index (χ2v) is 3.80. The van der Waals surface area contributed by atoms with Crippen LogP contribution in [0.25, 0.3) is 0 Å². The molecular weight excluding hydrogens is 240 g/mol. The monoisotopic (exact) mass is 256 g/mol. The summed E-state index contributed by atoms with van der Waals surface area (Å²) >= 11 is 0. The van der Waals surface area contributed by atoms with Gasteiger partial charge in [-0.05, 0) is 12.1 Å². The summed E-state index contributed by atoms with van der Waals surface area (Å²) in [6, 6.07) is 8.60. The highest BCUT2D eigenvalue weighted by Gasteiger charge is 2.30. The molecule has 1 aromatic rings. The molecule has 0 aliphatic rings. The van der Waals surface area contributed by atoms with Gasteiger partial charge in [0.2, 0.25) is 0 Å². The van der Waals surface area contributed by atoms with Gasteiger partial charge >= 0.3 is 0 Å². The first-order chi connectivity index (χ1) is 8.56. The summed E-state index contributed by atoms with van der Waals surface area (Å²) in [4.78, 5) is 10.2. The van der Waals surface area contributed by atoms with Crippen LogP contribution in [0.1, 0.15) is 0 Å². The Morgan fingerprint density at radius 3 is 2.22 bits per heavy atom. The SMILES string of the molecule is O=C[C@H](O)[C@@H](O)[C@H](O)[C@H](O)COc1ccccc1. The van der Waals surface area contributed by atoms with E-state index in [-0.39, 0.29) is 12.9 Å². The van der Waals surface area contributed by atoms with Gasteiger partial charge in [-0.25, -0.2) is 0 Å². The molecule has 6 heteroatoms. The summed E-state index contributed by atoms with van der Waals surface area (Å²) < 4.78 is 5.16. The topological polar surface area (TPSA) is 107 Å². The van der Waals surface area contributed by atoms with Crippen LogP contribution < -0.4 is 4.74 Å². The number of hydrogen-bond acceptors (Lipinski definition) is 6. The van der Waals surface area contributed by atoms with Gasteiger partial charge in [0, 0.05) is 0 Å². The Morgan fingerprint density at radius 2 is 1.67 bits per heavy atom. The molecular formula is C12H16O6. The normalized spacial score (nSPS) is 17.6. The highest BCUT2D eigenvalue weighted by molar-refractivity contribution is 5.56. The molecule has 1 rings (SSSR count). The summed E-state index contributed by atoms with van der Waals surface area (Å²) in [6.45, 7) is -0.270. The molecule has 0 saturated carbocycles. The summed E-state index contributed by atoms with van der Waals surface area (Å²) in [5.74, 6) is 0.495. The van der Waals surface area contributed by atoms with Crippen molar-refractivity contribution in [2.75, 3.05) is 6.61 Å². The van der Waals surface area contributed by atoms with Gasteiger partial charge in [0.1, 0.15) is 36.8 Å². The van der Waals surface area contributed by atoms with Gasteiger partial charge in [-0.15, -0.1) is 0 Å². The molecule has 1 aromatic carbocycles. The number of rotatable bonds is 7. The van der Waals surface area contributed by atoms with Crippen molar-refractivity contribution >= 4 is 6.29 Å². The van der Waals surface area contributed by atoms with Crippen molar-refractivity contribution in [2.24, 2.45) is 0 Å². The fraction of sp³-hybridized carbons (Fsp3) is 0.417. The lowest BCUT2D eigenvalue weighted by Crippen LogP contribution is -2.47. The first-order valence-electron chi connectivity index (χ1n) is 5.41. The largest absolute Gasteiger partial charge is 0.491 e. The van der Waals surface area contributed by atoms with Gasteiger partial charge in [0.25, 0.3) is 0 Å². The molecule has 0 aliphatic heterocycles. The molecule has 0 aliphatic carbocycles. The molecule has 0 radical (unpaired) electrons. The van der Waals surface area contributed by atoms with Crippen LogP contribution in [0.5, 0.6) is 5.75 Å². The Labute approximate surface area is 104 Å². The highest BCUT2D eigenvalue weighted by Crippen LogP contribution is 2.10. The predicted octanol–water partition coefficient (Wildman–Crippen LogP) is -1.29. The average Bonchev–Trinajstić information content (AvgIpc) is 2.43. The van der Waals surface area contributed by atoms with Crippen LogP contribution in [-0.4, -0.2) is 57.7 Å². The van der Waals surface area contributed by atoms with E-state index in [1.807, 2.05) is 0 Å². The second kappa shape index (κ2) is 7.07. The standard InChI is InChI=1S/C12H16O6/c13-6-9(14)11(16)12(17)10(15)7-18-8-4-2-1-3-5-8/h1-6,9-12,14-17H,7H2/t9-,10+,11+,12+/m0/s1. The van der Waals surface area contributed by atoms with Crippen LogP contribution in [-0.2, 0) is 4.79 Å². The quantitative estimate of drug-likeness (QED) is 0.452. The number of para-hydroxylation sites is 1. The minimum Gasteiger partial charge on any atom is -0.491 e. The van der Waals surface area contributed by atoms with E-state index in [4.69, 9.17) is 9.84 Å². The van der Waals surface area contributed by atoms with Gasteiger partial charge in [0.05, 0.1) is 0 Å². The third kappa shape index (κ3) is 4.08. The van der Waals surface area contributed by atoms with Crippen molar-refractivity contribution in [2.45, 2.75) is 24.4 Å². The fourth-order valence-corrected chi connectivity index (χ4v) is 1.31. The van der Waals surface area contributed by atoms with Crippen LogP contribution >= 0.6 is 0 Å². The van der Waals surface area contributed by atoms with E-state index in [2.05, 4.69) is 0 Å². The maximum atomic E-state index is 10.2. The average molecular weight is 256 g/mol. The molecule has 0 amide bonds. The summed E-state index contributed by atoms with van der Waals surface area (Å²) in [5.41, 5.74) is 0. The minimum atomic E-state index is -1.75. The van der Waals surface area contributed by atoms with Crippen molar-refractivity contribution in [3.63, 3.8) is 0 Å². The Kier molecular flexibility index (Phi) is 5.73. The fourth-order valence-electron chi connectivity index (χ4n) is 1.31. The smallest absolute Gasteiger partial charge is 0.151 e. The van der Waals surface area contributed by atoms with Gasteiger partial charge in [-0.2, -0.15) is 0 Å². The van der Waals surface area contributed by atoms with Crippen molar-refractivity contribution in [3.05, 3.63) is 30.3 Å². The Bertz CT molecular complexity index is 355. The molecule has 4 N–H and O–H groups in total. The number of carbonyl (C=O) groups excluding carboxylic acids is 1. The molecule has 6 nitrogen and oxygen atoms in total. The first kappa shape index (κ1) is 14.6. The molecule has 0 unspecified atom stereocenters. The lowest BCUT2D eigenvalue weighted by Gasteiger charge is -2.24. The first-order valence-corrected chi connectivity index (χ1v) is 5.41.